The molecule has 0 radical (unpaired) electrons. The minimum atomic E-state index is -0.541. The number of benzene rings is 3. The minimum absolute atomic E-state index is 0.0191. The van der Waals surface area contributed by atoms with E-state index in [9.17, 15) is 9.59 Å². The second-order valence-corrected chi connectivity index (χ2v) is 9.77. The molecule has 1 heterocycles. The number of carbonyl (C=O) groups excluding carboxylic acids is 2. The second kappa shape index (κ2) is 10.6. The zero-order valence-electron chi connectivity index (χ0n) is 21.9. The fourth-order valence-electron chi connectivity index (χ4n) is 4.62. The molecular formula is C30H30N2O4S. The van der Waals surface area contributed by atoms with Crippen LogP contribution >= 0.6 is 12.2 Å². The fourth-order valence-corrected chi connectivity index (χ4v) is 4.90. The molecule has 0 atom stereocenters. The molecule has 1 saturated heterocycles. The smallest absolute Gasteiger partial charge is 0.270 e. The van der Waals surface area contributed by atoms with Crippen molar-refractivity contribution in [3.63, 3.8) is 0 Å². The molecule has 2 amide bonds. The lowest BCUT2D eigenvalue weighted by molar-refractivity contribution is -0.122. The summed E-state index contributed by atoms with van der Waals surface area (Å²) in [6.07, 6.45) is 1.54. The summed E-state index contributed by atoms with van der Waals surface area (Å²) in [6.45, 7) is 10.5. The van der Waals surface area contributed by atoms with Gasteiger partial charge >= 0.3 is 0 Å². The topological polar surface area (TPSA) is 67.9 Å². The van der Waals surface area contributed by atoms with Crippen molar-refractivity contribution in [2.24, 2.45) is 0 Å². The molecule has 1 fully saturated rings. The van der Waals surface area contributed by atoms with Gasteiger partial charge in [-0.1, -0.05) is 29.8 Å². The van der Waals surface area contributed by atoms with Crippen LogP contribution in [0.2, 0.25) is 0 Å². The number of carbonyl (C=O) groups is 2. The molecule has 3 aromatic carbocycles. The van der Waals surface area contributed by atoms with Gasteiger partial charge in [-0.05, 0) is 111 Å². The Morgan fingerprint density at radius 1 is 0.865 bits per heavy atom. The van der Waals surface area contributed by atoms with Crippen LogP contribution in [0.4, 0.5) is 5.69 Å². The van der Waals surface area contributed by atoms with Crippen molar-refractivity contribution in [2.75, 3.05) is 12.0 Å². The summed E-state index contributed by atoms with van der Waals surface area (Å²) in [4.78, 5) is 27.5. The van der Waals surface area contributed by atoms with Gasteiger partial charge in [0.1, 0.15) is 12.2 Å². The standard InChI is InChI=1S/C30H30N2O4S/c1-17-9-18(2)13-23(12-17)32-29(34)24(28(33)31-30(32)37)14-22-7-8-26(27(15-22)35-6)36-16-25-20(4)10-19(3)11-21(25)5/h7-15H,16H2,1-6H3,(H,31,33,37)/b24-14+. The van der Waals surface area contributed by atoms with Crippen LogP contribution in [0.15, 0.2) is 54.1 Å². The Bertz CT molecular complexity index is 1410. The van der Waals surface area contributed by atoms with Gasteiger partial charge in [-0.2, -0.15) is 0 Å². The highest BCUT2D eigenvalue weighted by Crippen LogP contribution is 2.31. The van der Waals surface area contributed by atoms with Crippen molar-refractivity contribution >= 4 is 40.9 Å². The van der Waals surface area contributed by atoms with Crippen LogP contribution in [0.25, 0.3) is 6.08 Å². The van der Waals surface area contributed by atoms with Crippen LogP contribution in [0.3, 0.4) is 0 Å². The van der Waals surface area contributed by atoms with E-state index in [0.717, 1.165) is 16.7 Å². The van der Waals surface area contributed by atoms with Gasteiger partial charge in [-0.3, -0.25) is 19.8 Å². The zero-order chi connectivity index (χ0) is 26.9. The highest BCUT2D eigenvalue weighted by molar-refractivity contribution is 7.80. The van der Waals surface area contributed by atoms with Gasteiger partial charge in [0, 0.05) is 0 Å². The van der Waals surface area contributed by atoms with Crippen molar-refractivity contribution in [2.45, 2.75) is 41.2 Å². The Labute approximate surface area is 222 Å². The summed E-state index contributed by atoms with van der Waals surface area (Å²) < 4.78 is 11.7. The number of nitrogens with zero attached hydrogens (tertiary/aromatic N) is 1. The van der Waals surface area contributed by atoms with Gasteiger partial charge in [0.15, 0.2) is 16.6 Å². The Kier molecular flexibility index (Phi) is 7.45. The van der Waals surface area contributed by atoms with E-state index in [4.69, 9.17) is 21.7 Å². The van der Waals surface area contributed by atoms with Crippen LogP contribution in [0, 0.1) is 34.6 Å². The third-order valence-corrected chi connectivity index (χ3v) is 6.56. The van der Waals surface area contributed by atoms with E-state index in [-0.39, 0.29) is 10.7 Å². The molecule has 7 heteroatoms. The molecule has 190 valence electrons. The van der Waals surface area contributed by atoms with E-state index in [1.54, 1.807) is 25.3 Å². The zero-order valence-corrected chi connectivity index (χ0v) is 22.7. The van der Waals surface area contributed by atoms with Crippen LogP contribution in [0.5, 0.6) is 11.5 Å². The van der Waals surface area contributed by atoms with E-state index in [1.807, 2.05) is 32.0 Å². The number of amides is 2. The first-order valence-corrected chi connectivity index (χ1v) is 12.4. The van der Waals surface area contributed by atoms with Crippen molar-refractivity contribution < 1.29 is 19.1 Å². The molecule has 3 aromatic rings. The van der Waals surface area contributed by atoms with Crippen molar-refractivity contribution in [1.82, 2.24) is 5.32 Å². The lowest BCUT2D eigenvalue weighted by Crippen LogP contribution is -2.54. The van der Waals surface area contributed by atoms with Gasteiger partial charge in [0.25, 0.3) is 11.8 Å². The minimum Gasteiger partial charge on any atom is -0.493 e. The fraction of sp³-hybridized carbons (Fsp3) is 0.233. The Hall–Kier alpha value is -3.97. The molecular weight excluding hydrogens is 484 g/mol. The summed E-state index contributed by atoms with van der Waals surface area (Å²) in [5.41, 5.74) is 7.89. The van der Waals surface area contributed by atoms with Crippen LogP contribution < -0.4 is 19.7 Å². The highest BCUT2D eigenvalue weighted by atomic mass is 32.1. The van der Waals surface area contributed by atoms with Gasteiger partial charge in [0.05, 0.1) is 12.8 Å². The molecule has 0 saturated carbocycles. The average Bonchev–Trinajstić information content (AvgIpc) is 2.80. The molecule has 0 aromatic heterocycles. The van der Waals surface area contributed by atoms with E-state index in [2.05, 4.69) is 38.2 Å². The first kappa shape index (κ1) is 26.1. The number of aryl methyl sites for hydroxylation is 5. The Morgan fingerprint density at radius 2 is 1.49 bits per heavy atom. The van der Waals surface area contributed by atoms with Crippen molar-refractivity contribution in [3.05, 3.63) is 93.0 Å². The maximum atomic E-state index is 13.4. The molecule has 0 bridgehead atoms. The number of methoxy groups -OCH3 is 1. The maximum Gasteiger partial charge on any atom is 0.270 e. The van der Waals surface area contributed by atoms with Crippen molar-refractivity contribution in [3.8, 4) is 11.5 Å². The normalized spacial score (nSPS) is 14.7. The molecule has 37 heavy (non-hydrogen) atoms. The predicted molar refractivity (Wildman–Crippen MR) is 150 cm³/mol. The number of ether oxygens (including phenoxy) is 2. The largest absolute Gasteiger partial charge is 0.493 e. The van der Waals surface area contributed by atoms with Crippen LogP contribution in [-0.4, -0.2) is 24.0 Å². The number of hydrogen-bond donors (Lipinski definition) is 1. The molecule has 6 nitrogen and oxygen atoms in total. The lowest BCUT2D eigenvalue weighted by Gasteiger charge is -2.29. The molecule has 4 rings (SSSR count). The lowest BCUT2D eigenvalue weighted by atomic mass is 10.0. The second-order valence-electron chi connectivity index (χ2n) is 9.38. The van der Waals surface area contributed by atoms with E-state index in [0.29, 0.717) is 29.4 Å². The Balaban J connectivity index is 1.62. The molecule has 1 aliphatic rings. The predicted octanol–water partition coefficient (Wildman–Crippen LogP) is 5.65. The maximum absolute atomic E-state index is 13.4. The first-order chi connectivity index (χ1) is 17.6. The Morgan fingerprint density at radius 3 is 2.11 bits per heavy atom. The number of thiocarbonyl (C=S) groups is 1. The van der Waals surface area contributed by atoms with E-state index < -0.39 is 11.8 Å². The third kappa shape index (κ3) is 5.57. The molecule has 0 aliphatic carbocycles. The van der Waals surface area contributed by atoms with Gasteiger partial charge in [-0.25, -0.2) is 0 Å². The summed E-state index contributed by atoms with van der Waals surface area (Å²) in [7, 11) is 1.56. The van der Waals surface area contributed by atoms with Crippen LogP contribution in [0.1, 0.15) is 38.9 Å². The molecule has 1 N–H and O–H groups in total. The average molecular weight is 515 g/mol. The summed E-state index contributed by atoms with van der Waals surface area (Å²) in [5.74, 6) is 0.0483. The molecule has 0 unspecified atom stereocenters. The molecule has 0 spiro atoms. The first-order valence-electron chi connectivity index (χ1n) is 11.9. The SMILES string of the molecule is COc1cc(/C=C2\C(=O)NC(=S)N(c3cc(C)cc(C)c3)C2=O)ccc1OCc1c(C)cc(C)cc1C. The monoisotopic (exact) mass is 514 g/mol. The van der Waals surface area contributed by atoms with Gasteiger partial charge < -0.3 is 9.47 Å². The third-order valence-electron chi connectivity index (χ3n) is 6.28. The highest BCUT2D eigenvalue weighted by Gasteiger charge is 2.34. The number of hydrogen-bond acceptors (Lipinski definition) is 5. The van der Waals surface area contributed by atoms with Gasteiger partial charge in [-0.15, -0.1) is 0 Å². The number of nitrogens with one attached hydrogen (secondary N) is 1. The molecule has 1 aliphatic heterocycles. The number of rotatable bonds is 6. The number of anilines is 1. The van der Waals surface area contributed by atoms with Gasteiger partial charge in [0.2, 0.25) is 0 Å². The summed E-state index contributed by atoms with van der Waals surface area (Å²) in [6, 6.07) is 15.3. The summed E-state index contributed by atoms with van der Waals surface area (Å²) >= 11 is 5.33. The summed E-state index contributed by atoms with van der Waals surface area (Å²) in [5, 5.41) is 2.69. The quantitative estimate of drug-likeness (QED) is 0.262. The van der Waals surface area contributed by atoms with E-state index >= 15 is 0 Å². The van der Waals surface area contributed by atoms with Crippen LogP contribution in [-0.2, 0) is 16.2 Å². The van der Waals surface area contributed by atoms with E-state index in [1.165, 1.54) is 27.7 Å². The van der Waals surface area contributed by atoms with Crippen molar-refractivity contribution in [1.29, 1.82) is 0 Å².